The molecule has 0 saturated carbocycles. The van der Waals surface area contributed by atoms with Crippen molar-refractivity contribution in [3.05, 3.63) is 18.3 Å². The second-order valence-corrected chi connectivity index (χ2v) is 4.28. The molecule has 0 aromatic carbocycles. The lowest BCUT2D eigenvalue weighted by Gasteiger charge is -2.28. The highest BCUT2D eigenvalue weighted by molar-refractivity contribution is 5.83. The minimum atomic E-state index is -0.759. The topological polar surface area (TPSA) is 60.5 Å². The van der Waals surface area contributed by atoms with Gasteiger partial charge in [0.05, 0.1) is 20.4 Å². The highest BCUT2D eigenvalue weighted by Gasteiger charge is 2.33. The number of rotatable bonds is 6. The summed E-state index contributed by atoms with van der Waals surface area (Å²) in [5, 5.41) is 3.12. The predicted molar refractivity (Wildman–Crippen MR) is 69.7 cm³/mol. The van der Waals surface area contributed by atoms with Crippen LogP contribution in [0.5, 0.6) is 5.75 Å². The third-order valence-electron chi connectivity index (χ3n) is 2.76. The molecule has 18 heavy (non-hydrogen) atoms. The zero-order valence-corrected chi connectivity index (χ0v) is 11.3. The lowest BCUT2D eigenvalue weighted by Crippen LogP contribution is -2.44. The van der Waals surface area contributed by atoms with E-state index in [4.69, 9.17) is 9.47 Å². The summed E-state index contributed by atoms with van der Waals surface area (Å²) in [6, 6.07) is 3.56. The number of methoxy groups -OCH3 is 2. The third-order valence-corrected chi connectivity index (χ3v) is 2.76. The SMILES string of the molecule is CCCC(C)(Nc1ccc(OC)cn1)C(=O)OC. The quantitative estimate of drug-likeness (QED) is 0.787. The molecule has 0 amide bonds. The van der Waals surface area contributed by atoms with Crippen LogP contribution in [0.25, 0.3) is 0 Å². The van der Waals surface area contributed by atoms with Gasteiger partial charge in [0.2, 0.25) is 0 Å². The number of anilines is 1. The van der Waals surface area contributed by atoms with E-state index in [0.717, 1.165) is 6.42 Å². The summed E-state index contributed by atoms with van der Waals surface area (Å²) in [6.07, 6.45) is 3.15. The molecule has 5 nitrogen and oxygen atoms in total. The van der Waals surface area contributed by atoms with Gasteiger partial charge in [-0.1, -0.05) is 13.3 Å². The van der Waals surface area contributed by atoms with Crippen LogP contribution >= 0.6 is 0 Å². The van der Waals surface area contributed by atoms with Gasteiger partial charge in [-0.25, -0.2) is 9.78 Å². The zero-order valence-electron chi connectivity index (χ0n) is 11.3. The third kappa shape index (κ3) is 3.35. The van der Waals surface area contributed by atoms with E-state index >= 15 is 0 Å². The number of nitrogens with one attached hydrogen (secondary N) is 1. The summed E-state index contributed by atoms with van der Waals surface area (Å²) >= 11 is 0. The van der Waals surface area contributed by atoms with Gasteiger partial charge in [-0.2, -0.15) is 0 Å². The van der Waals surface area contributed by atoms with Gasteiger partial charge in [0.1, 0.15) is 17.1 Å². The number of hydrogen-bond donors (Lipinski definition) is 1. The Morgan fingerprint density at radius 3 is 2.61 bits per heavy atom. The van der Waals surface area contributed by atoms with Gasteiger partial charge in [0.25, 0.3) is 0 Å². The molecule has 1 atom stereocenters. The molecule has 5 heteroatoms. The van der Waals surface area contributed by atoms with Crippen molar-refractivity contribution >= 4 is 11.8 Å². The molecule has 0 saturated heterocycles. The molecule has 1 unspecified atom stereocenters. The fourth-order valence-electron chi connectivity index (χ4n) is 1.80. The predicted octanol–water partition coefficient (Wildman–Crippen LogP) is 2.23. The molecule has 100 valence electrons. The van der Waals surface area contributed by atoms with Crippen molar-refractivity contribution in [2.24, 2.45) is 0 Å². The van der Waals surface area contributed by atoms with Crippen LogP contribution in [-0.2, 0) is 9.53 Å². The van der Waals surface area contributed by atoms with Crippen molar-refractivity contribution < 1.29 is 14.3 Å². The Labute approximate surface area is 108 Å². The van der Waals surface area contributed by atoms with Crippen LogP contribution in [0.3, 0.4) is 0 Å². The molecule has 0 fully saturated rings. The Morgan fingerprint density at radius 2 is 2.17 bits per heavy atom. The monoisotopic (exact) mass is 252 g/mol. The maximum atomic E-state index is 11.8. The van der Waals surface area contributed by atoms with Gasteiger partial charge in [0.15, 0.2) is 0 Å². The average Bonchev–Trinajstić information content (AvgIpc) is 2.39. The lowest BCUT2D eigenvalue weighted by atomic mass is 9.96. The van der Waals surface area contributed by atoms with Crippen molar-refractivity contribution in [1.29, 1.82) is 0 Å². The van der Waals surface area contributed by atoms with Crippen molar-refractivity contribution in [2.45, 2.75) is 32.2 Å². The van der Waals surface area contributed by atoms with E-state index in [-0.39, 0.29) is 5.97 Å². The number of hydrogen-bond acceptors (Lipinski definition) is 5. The average molecular weight is 252 g/mol. The number of aromatic nitrogens is 1. The minimum absolute atomic E-state index is 0.290. The van der Waals surface area contributed by atoms with Crippen molar-refractivity contribution in [1.82, 2.24) is 4.98 Å². The normalized spacial score (nSPS) is 13.6. The fourth-order valence-corrected chi connectivity index (χ4v) is 1.80. The second kappa shape index (κ2) is 6.23. The first-order chi connectivity index (χ1) is 8.55. The van der Waals surface area contributed by atoms with Crippen molar-refractivity contribution in [3.8, 4) is 5.75 Å². The Morgan fingerprint density at radius 1 is 1.44 bits per heavy atom. The van der Waals surface area contributed by atoms with Gasteiger partial charge in [-0.3, -0.25) is 0 Å². The largest absolute Gasteiger partial charge is 0.495 e. The van der Waals surface area contributed by atoms with Gasteiger partial charge < -0.3 is 14.8 Å². The molecular formula is C13H20N2O3. The highest BCUT2D eigenvalue weighted by Crippen LogP contribution is 2.21. The highest BCUT2D eigenvalue weighted by atomic mass is 16.5. The number of nitrogens with zero attached hydrogens (tertiary/aromatic N) is 1. The minimum Gasteiger partial charge on any atom is -0.495 e. The van der Waals surface area contributed by atoms with Crippen LogP contribution in [-0.4, -0.2) is 30.7 Å². The molecule has 0 radical (unpaired) electrons. The second-order valence-electron chi connectivity index (χ2n) is 4.28. The molecular weight excluding hydrogens is 232 g/mol. The molecule has 1 heterocycles. The van der Waals surface area contributed by atoms with E-state index < -0.39 is 5.54 Å². The summed E-state index contributed by atoms with van der Waals surface area (Å²) in [6.45, 7) is 3.83. The van der Waals surface area contributed by atoms with E-state index in [0.29, 0.717) is 18.0 Å². The molecule has 1 rings (SSSR count). The first-order valence-corrected chi connectivity index (χ1v) is 5.92. The van der Waals surface area contributed by atoms with Crippen LogP contribution in [0, 0.1) is 0 Å². The summed E-state index contributed by atoms with van der Waals surface area (Å²) in [5.74, 6) is 1.01. The Bertz CT molecular complexity index is 392. The van der Waals surface area contributed by atoms with Crippen molar-refractivity contribution in [3.63, 3.8) is 0 Å². The molecule has 0 aliphatic rings. The fraction of sp³-hybridized carbons (Fsp3) is 0.538. The number of carbonyl (C=O) groups is 1. The number of pyridine rings is 1. The Balaban J connectivity index is 2.85. The maximum Gasteiger partial charge on any atom is 0.331 e. The van der Waals surface area contributed by atoms with Gasteiger partial charge in [-0.05, 0) is 25.5 Å². The van der Waals surface area contributed by atoms with E-state index in [1.165, 1.54) is 7.11 Å². The summed E-state index contributed by atoms with van der Waals surface area (Å²) in [4.78, 5) is 16.0. The number of esters is 1. The molecule has 1 aromatic heterocycles. The van der Waals surface area contributed by atoms with Crippen LogP contribution in [0.15, 0.2) is 18.3 Å². The zero-order chi connectivity index (χ0) is 13.6. The van der Waals surface area contributed by atoms with E-state index in [1.54, 1.807) is 25.4 Å². The molecule has 0 bridgehead atoms. The van der Waals surface area contributed by atoms with E-state index in [9.17, 15) is 4.79 Å². The van der Waals surface area contributed by atoms with E-state index in [2.05, 4.69) is 10.3 Å². The molecule has 0 aliphatic carbocycles. The molecule has 0 aliphatic heterocycles. The molecule has 1 N–H and O–H groups in total. The number of ether oxygens (including phenoxy) is 2. The molecule has 0 spiro atoms. The van der Waals surface area contributed by atoms with E-state index in [1.807, 2.05) is 13.8 Å². The van der Waals surface area contributed by atoms with Gasteiger partial charge >= 0.3 is 5.97 Å². The Kier molecular flexibility index (Phi) is 4.95. The van der Waals surface area contributed by atoms with Crippen LogP contribution in [0.2, 0.25) is 0 Å². The number of carbonyl (C=O) groups excluding carboxylic acids is 1. The summed E-state index contributed by atoms with van der Waals surface area (Å²) in [5.41, 5.74) is -0.759. The summed E-state index contributed by atoms with van der Waals surface area (Å²) in [7, 11) is 2.97. The lowest BCUT2D eigenvalue weighted by molar-refractivity contribution is -0.145. The maximum absolute atomic E-state index is 11.8. The smallest absolute Gasteiger partial charge is 0.331 e. The van der Waals surface area contributed by atoms with Gasteiger partial charge in [-0.15, -0.1) is 0 Å². The molecule has 1 aromatic rings. The Hall–Kier alpha value is -1.78. The first-order valence-electron chi connectivity index (χ1n) is 5.92. The first kappa shape index (κ1) is 14.3. The van der Waals surface area contributed by atoms with Crippen LogP contribution in [0.4, 0.5) is 5.82 Å². The van der Waals surface area contributed by atoms with Crippen molar-refractivity contribution in [2.75, 3.05) is 19.5 Å². The van der Waals surface area contributed by atoms with Crippen LogP contribution < -0.4 is 10.1 Å². The van der Waals surface area contributed by atoms with Gasteiger partial charge in [0, 0.05) is 0 Å². The summed E-state index contributed by atoms with van der Waals surface area (Å²) < 4.78 is 9.86. The standard InChI is InChI=1S/C13H20N2O3/c1-5-8-13(2,12(16)18-4)15-11-7-6-10(17-3)9-14-11/h6-7,9H,5,8H2,1-4H3,(H,14,15). The van der Waals surface area contributed by atoms with Crippen LogP contribution in [0.1, 0.15) is 26.7 Å².